The van der Waals surface area contributed by atoms with E-state index in [1.807, 2.05) is 4.90 Å². The molecular formula is C25H26ClF4N3O2. The fraction of sp³-hybridized carbons (Fsp3) is 0.440. The van der Waals surface area contributed by atoms with Crippen LogP contribution in [0.25, 0.3) is 0 Å². The number of benzene rings is 2. The molecule has 4 rings (SSSR count). The maximum absolute atomic E-state index is 14.6. The number of fused-ring (bicyclic) bond motifs is 1. The Morgan fingerprint density at radius 3 is 2.54 bits per heavy atom. The fourth-order valence-corrected chi connectivity index (χ4v) is 5.47. The highest BCUT2D eigenvalue weighted by molar-refractivity contribution is 6.34. The summed E-state index contributed by atoms with van der Waals surface area (Å²) in [6.07, 6.45) is -5.89. The average Bonchev–Trinajstić information content (AvgIpc) is 3.36. The standard InChI is InChI=1S/C25H26ClF4N3O2/c26-18-7-4-8-19(27)22(18)24(35)23-17-13-31-12-16(17)14-33(23)10-9-20(15-5-2-1-3-6-15)32-21(34)11-25(28,29)30/h1-8,16-17,20,23,31H,9-14H2,(H,32,34)/t16?,17-,20?,23+/m1/s1. The number of carbonyl (C=O) groups is 2. The van der Waals surface area contributed by atoms with E-state index in [0.29, 0.717) is 25.2 Å². The van der Waals surface area contributed by atoms with E-state index < -0.39 is 42.2 Å². The monoisotopic (exact) mass is 511 g/mol. The van der Waals surface area contributed by atoms with E-state index >= 15 is 0 Å². The van der Waals surface area contributed by atoms with Gasteiger partial charge in [-0.15, -0.1) is 0 Å². The minimum absolute atomic E-state index is 0.0341. The molecule has 35 heavy (non-hydrogen) atoms. The molecule has 0 spiro atoms. The molecule has 5 nitrogen and oxygen atoms in total. The minimum Gasteiger partial charge on any atom is -0.349 e. The van der Waals surface area contributed by atoms with Crippen LogP contribution in [-0.2, 0) is 4.79 Å². The molecule has 2 heterocycles. The van der Waals surface area contributed by atoms with Crippen molar-refractivity contribution in [2.75, 3.05) is 26.2 Å². The molecule has 0 saturated carbocycles. The highest BCUT2D eigenvalue weighted by Gasteiger charge is 2.48. The number of ketones is 1. The van der Waals surface area contributed by atoms with Gasteiger partial charge >= 0.3 is 6.18 Å². The molecule has 188 valence electrons. The Morgan fingerprint density at radius 2 is 1.86 bits per heavy atom. The molecule has 0 aromatic heterocycles. The minimum atomic E-state index is -4.61. The number of nitrogens with one attached hydrogen (secondary N) is 2. The lowest BCUT2D eigenvalue weighted by Crippen LogP contribution is -2.43. The predicted molar refractivity (Wildman–Crippen MR) is 124 cm³/mol. The predicted octanol–water partition coefficient (Wildman–Crippen LogP) is 4.38. The number of hydrogen-bond acceptors (Lipinski definition) is 4. The molecule has 2 saturated heterocycles. The first kappa shape index (κ1) is 25.6. The molecule has 4 atom stereocenters. The molecule has 2 unspecified atom stereocenters. The van der Waals surface area contributed by atoms with Crippen LogP contribution in [0.3, 0.4) is 0 Å². The highest BCUT2D eigenvalue weighted by Crippen LogP contribution is 2.37. The lowest BCUT2D eigenvalue weighted by Gasteiger charge is -2.29. The molecule has 2 aliphatic heterocycles. The van der Waals surface area contributed by atoms with E-state index in [2.05, 4.69) is 10.6 Å². The van der Waals surface area contributed by atoms with Gasteiger partial charge in [0.05, 0.1) is 22.7 Å². The second-order valence-electron chi connectivity index (χ2n) is 9.09. The van der Waals surface area contributed by atoms with Crippen molar-refractivity contribution in [3.05, 3.63) is 70.5 Å². The summed E-state index contributed by atoms with van der Waals surface area (Å²) in [5.74, 6) is -2.04. The van der Waals surface area contributed by atoms with Crippen molar-refractivity contribution in [3.63, 3.8) is 0 Å². The van der Waals surface area contributed by atoms with Gasteiger partial charge in [-0.3, -0.25) is 14.5 Å². The first-order chi connectivity index (χ1) is 16.6. The summed E-state index contributed by atoms with van der Waals surface area (Å²) in [5, 5.41) is 5.82. The molecule has 2 fully saturated rings. The van der Waals surface area contributed by atoms with E-state index in [9.17, 15) is 27.2 Å². The van der Waals surface area contributed by atoms with Crippen molar-refractivity contribution >= 4 is 23.3 Å². The normalized spacial score (nSPS) is 23.2. The SMILES string of the molecule is O=C(CC(F)(F)F)NC(CCN1CC2CNC[C@H]2[C@H]1C(=O)c1c(F)cccc1Cl)c1ccccc1. The van der Waals surface area contributed by atoms with Gasteiger partial charge in [-0.25, -0.2) is 4.39 Å². The van der Waals surface area contributed by atoms with Crippen molar-refractivity contribution in [1.82, 2.24) is 15.5 Å². The third kappa shape index (κ3) is 6.02. The molecule has 10 heteroatoms. The van der Waals surface area contributed by atoms with E-state index in [-0.39, 0.29) is 28.8 Å². The van der Waals surface area contributed by atoms with Crippen molar-refractivity contribution < 1.29 is 27.2 Å². The largest absolute Gasteiger partial charge is 0.397 e. The van der Waals surface area contributed by atoms with Crippen LogP contribution in [0.1, 0.15) is 34.8 Å². The second kappa shape index (κ2) is 10.6. The second-order valence-corrected chi connectivity index (χ2v) is 9.50. The van der Waals surface area contributed by atoms with Crippen LogP contribution in [0.2, 0.25) is 5.02 Å². The Hall–Kier alpha value is -2.49. The van der Waals surface area contributed by atoms with E-state index in [4.69, 9.17) is 11.6 Å². The average molecular weight is 512 g/mol. The third-order valence-corrected chi connectivity index (χ3v) is 7.06. The quantitative estimate of drug-likeness (QED) is 0.408. The maximum Gasteiger partial charge on any atom is 0.397 e. The highest BCUT2D eigenvalue weighted by atomic mass is 35.5. The van der Waals surface area contributed by atoms with E-state index in [1.165, 1.54) is 18.2 Å². The number of Topliss-reactive ketones (excluding diaryl/α,β-unsaturated/α-hetero) is 1. The molecular weight excluding hydrogens is 486 g/mol. The third-order valence-electron chi connectivity index (χ3n) is 6.74. The van der Waals surface area contributed by atoms with Crippen LogP contribution in [0.15, 0.2) is 48.5 Å². The van der Waals surface area contributed by atoms with Gasteiger partial charge < -0.3 is 10.6 Å². The smallest absolute Gasteiger partial charge is 0.349 e. The van der Waals surface area contributed by atoms with E-state index in [0.717, 1.165) is 6.54 Å². The summed E-state index contributed by atoms with van der Waals surface area (Å²) < 4.78 is 52.8. The van der Waals surface area contributed by atoms with Crippen molar-refractivity contribution in [1.29, 1.82) is 0 Å². The first-order valence-corrected chi connectivity index (χ1v) is 11.9. The molecule has 0 radical (unpaired) electrons. The maximum atomic E-state index is 14.6. The molecule has 1 amide bonds. The lowest BCUT2D eigenvalue weighted by molar-refractivity contribution is -0.154. The van der Waals surface area contributed by atoms with Gasteiger partial charge in [-0.2, -0.15) is 13.2 Å². The number of halogens is 5. The number of amides is 1. The zero-order valence-corrected chi connectivity index (χ0v) is 19.6. The van der Waals surface area contributed by atoms with Gasteiger partial charge in [0, 0.05) is 19.6 Å². The number of alkyl halides is 3. The van der Waals surface area contributed by atoms with Crippen LogP contribution in [0, 0.1) is 17.7 Å². The summed E-state index contributed by atoms with van der Waals surface area (Å²) in [7, 11) is 0. The molecule has 2 aliphatic rings. The lowest BCUT2D eigenvalue weighted by atomic mass is 9.89. The molecule has 0 bridgehead atoms. The van der Waals surface area contributed by atoms with Crippen molar-refractivity contribution in [2.45, 2.75) is 31.1 Å². The summed E-state index contributed by atoms with van der Waals surface area (Å²) in [6, 6.07) is 11.6. The zero-order chi connectivity index (χ0) is 25.2. The fourth-order valence-electron chi connectivity index (χ4n) is 5.21. The summed E-state index contributed by atoms with van der Waals surface area (Å²) >= 11 is 6.18. The molecule has 2 aromatic rings. The Kier molecular flexibility index (Phi) is 7.78. The summed E-state index contributed by atoms with van der Waals surface area (Å²) in [4.78, 5) is 27.5. The number of hydrogen-bond donors (Lipinski definition) is 2. The number of nitrogens with zero attached hydrogens (tertiary/aromatic N) is 1. The van der Waals surface area contributed by atoms with Crippen LogP contribution >= 0.6 is 11.6 Å². The number of carbonyl (C=O) groups excluding carboxylic acids is 2. The first-order valence-electron chi connectivity index (χ1n) is 11.5. The Morgan fingerprint density at radius 1 is 1.11 bits per heavy atom. The molecule has 2 aromatic carbocycles. The van der Waals surface area contributed by atoms with Gasteiger partial charge in [-0.05, 0) is 42.5 Å². The van der Waals surface area contributed by atoms with Gasteiger partial charge in [0.2, 0.25) is 5.91 Å². The number of likely N-dealkylation sites (tertiary alicyclic amines) is 1. The van der Waals surface area contributed by atoms with Crippen molar-refractivity contribution in [2.24, 2.45) is 11.8 Å². The molecule has 0 aliphatic carbocycles. The van der Waals surface area contributed by atoms with Crippen LogP contribution in [0.5, 0.6) is 0 Å². The Bertz CT molecular complexity index is 1050. The van der Waals surface area contributed by atoms with Crippen molar-refractivity contribution in [3.8, 4) is 0 Å². The van der Waals surface area contributed by atoms with E-state index in [1.54, 1.807) is 30.3 Å². The summed E-state index contributed by atoms with van der Waals surface area (Å²) in [5.41, 5.74) is 0.527. The molecule has 2 N–H and O–H groups in total. The van der Waals surface area contributed by atoms with Gasteiger partial charge in [0.15, 0.2) is 5.78 Å². The topological polar surface area (TPSA) is 61.4 Å². The van der Waals surface area contributed by atoms with Crippen LogP contribution in [0.4, 0.5) is 17.6 Å². The van der Waals surface area contributed by atoms with Gasteiger partial charge in [-0.1, -0.05) is 48.0 Å². The zero-order valence-electron chi connectivity index (χ0n) is 18.8. The van der Waals surface area contributed by atoms with Gasteiger partial charge in [0.1, 0.15) is 12.2 Å². The summed E-state index contributed by atoms with van der Waals surface area (Å²) in [6.45, 7) is 2.24. The Labute approximate surface area is 205 Å². The van der Waals surface area contributed by atoms with Crippen LogP contribution < -0.4 is 10.6 Å². The van der Waals surface area contributed by atoms with Gasteiger partial charge in [0.25, 0.3) is 0 Å². The van der Waals surface area contributed by atoms with Crippen LogP contribution in [-0.4, -0.2) is 55.0 Å². The number of rotatable bonds is 8. The Balaban J connectivity index is 1.54.